The van der Waals surface area contributed by atoms with Crippen LogP contribution in [0.5, 0.6) is 0 Å². The zero-order valence-electron chi connectivity index (χ0n) is 9.76. The minimum atomic E-state index is 0.264. The van der Waals surface area contributed by atoms with Crippen LogP contribution in [0.2, 0.25) is 0 Å². The third-order valence-electron chi connectivity index (χ3n) is 3.43. The average Bonchev–Trinajstić information content (AvgIpc) is 2.96. The molecule has 1 aromatic heterocycles. The van der Waals surface area contributed by atoms with Gasteiger partial charge in [-0.25, -0.2) is 4.98 Å². The molecule has 4 heteroatoms. The molecule has 0 aromatic carbocycles. The molecule has 1 fully saturated rings. The first kappa shape index (κ1) is 11.6. The second-order valence-electron chi connectivity index (χ2n) is 4.50. The molecule has 0 radical (unpaired) electrons. The van der Waals surface area contributed by atoms with Crippen LogP contribution < -0.4 is 0 Å². The third kappa shape index (κ3) is 3.06. The first-order chi connectivity index (χ1) is 7.90. The third-order valence-corrected chi connectivity index (χ3v) is 3.43. The maximum Gasteiger partial charge on any atom is 0.0946 e. The molecule has 1 saturated carbocycles. The summed E-state index contributed by atoms with van der Waals surface area (Å²) < 4.78 is 2.10. The number of aliphatic hydroxyl groups is 1. The van der Waals surface area contributed by atoms with Crippen LogP contribution in [0.15, 0.2) is 18.7 Å². The van der Waals surface area contributed by atoms with Crippen molar-refractivity contribution in [3.63, 3.8) is 0 Å². The zero-order chi connectivity index (χ0) is 11.2. The molecule has 1 aromatic rings. The number of aromatic nitrogens is 2. The molecule has 4 nitrogen and oxygen atoms in total. The second-order valence-corrected chi connectivity index (χ2v) is 4.50. The van der Waals surface area contributed by atoms with E-state index < -0.39 is 0 Å². The summed E-state index contributed by atoms with van der Waals surface area (Å²) in [7, 11) is 0. The summed E-state index contributed by atoms with van der Waals surface area (Å²) in [5.41, 5.74) is 0. The Hall–Kier alpha value is -0.870. The Morgan fingerprint density at radius 3 is 2.75 bits per heavy atom. The molecule has 0 amide bonds. The highest BCUT2D eigenvalue weighted by atomic mass is 16.3. The summed E-state index contributed by atoms with van der Waals surface area (Å²) in [6, 6.07) is 0.690. The molecule has 16 heavy (non-hydrogen) atoms. The molecule has 1 N–H and O–H groups in total. The lowest BCUT2D eigenvalue weighted by Gasteiger charge is -2.28. The minimum absolute atomic E-state index is 0.264. The van der Waals surface area contributed by atoms with Crippen molar-refractivity contribution < 1.29 is 5.11 Å². The number of imidazole rings is 1. The van der Waals surface area contributed by atoms with Crippen LogP contribution in [0.3, 0.4) is 0 Å². The topological polar surface area (TPSA) is 41.3 Å². The van der Waals surface area contributed by atoms with E-state index in [1.165, 1.54) is 25.7 Å². The van der Waals surface area contributed by atoms with E-state index in [2.05, 4.69) is 14.5 Å². The van der Waals surface area contributed by atoms with E-state index in [4.69, 9.17) is 5.11 Å². The summed E-state index contributed by atoms with van der Waals surface area (Å²) in [6.07, 6.45) is 10.9. The summed E-state index contributed by atoms with van der Waals surface area (Å²) >= 11 is 0. The van der Waals surface area contributed by atoms with E-state index in [0.717, 1.165) is 19.6 Å². The van der Waals surface area contributed by atoms with Gasteiger partial charge in [0.25, 0.3) is 0 Å². The van der Waals surface area contributed by atoms with Gasteiger partial charge in [-0.15, -0.1) is 0 Å². The lowest BCUT2D eigenvalue weighted by atomic mass is 10.2. The molecule has 1 aliphatic rings. The van der Waals surface area contributed by atoms with Gasteiger partial charge >= 0.3 is 0 Å². The van der Waals surface area contributed by atoms with Crippen molar-refractivity contribution in [1.29, 1.82) is 0 Å². The van der Waals surface area contributed by atoms with E-state index in [1.807, 2.05) is 18.7 Å². The molecule has 0 saturated heterocycles. The molecule has 1 heterocycles. The van der Waals surface area contributed by atoms with Gasteiger partial charge in [0.05, 0.1) is 12.9 Å². The highest BCUT2D eigenvalue weighted by Crippen LogP contribution is 2.23. The normalized spacial score (nSPS) is 17.4. The summed E-state index contributed by atoms with van der Waals surface area (Å²) in [5, 5.41) is 9.09. The fourth-order valence-electron chi connectivity index (χ4n) is 2.54. The van der Waals surface area contributed by atoms with Crippen molar-refractivity contribution in [2.45, 2.75) is 38.3 Å². The number of hydrogen-bond acceptors (Lipinski definition) is 3. The number of rotatable bonds is 6. The fourth-order valence-corrected chi connectivity index (χ4v) is 2.54. The largest absolute Gasteiger partial charge is 0.395 e. The molecule has 0 aliphatic heterocycles. The molecular weight excluding hydrogens is 202 g/mol. The van der Waals surface area contributed by atoms with Crippen molar-refractivity contribution in [3.05, 3.63) is 18.7 Å². The smallest absolute Gasteiger partial charge is 0.0946 e. The average molecular weight is 223 g/mol. The Bertz CT molecular complexity index is 280. The van der Waals surface area contributed by atoms with Gasteiger partial charge in [-0.3, -0.25) is 4.90 Å². The highest BCUT2D eigenvalue weighted by Gasteiger charge is 2.21. The molecular formula is C12H21N3O. The maximum atomic E-state index is 9.09. The van der Waals surface area contributed by atoms with Crippen LogP contribution in [0, 0.1) is 0 Å². The lowest BCUT2D eigenvalue weighted by Crippen LogP contribution is -2.37. The second kappa shape index (κ2) is 6.01. The summed E-state index contributed by atoms with van der Waals surface area (Å²) in [6.45, 7) is 3.05. The SMILES string of the molecule is OCCN(CCn1ccnc1)C1CCCC1. The fraction of sp³-hybridized carbons (Fsp3) is 0.750. The maximum absolute atomic E-state index is 9.09. The van der Waals surface area contributed by atoms with E-state index in [0.29, 0.717) is 6.04 Å². The van der Waals surface area contributed by atoms with Crippen molar-refractivity contribution >= 4 is 0 Å². The van der Waals surface area contributed by atoms with Gasteiger partial charge in [0.1, 0.15) is 0 Å². The van der Waals surface area contributed by atoms with Crippen molar-refractivity contribution in [2.24, 2.45) is 0 Å². The molecule has 0 spiro atoms. The van der Waals surface area contributed by atoms with Gasteiger partial charge in [-0.2, -0.15) is 0 Å². The van der Waals surface area contributed by atoms with Crippen LogP contribution in [-0.4, -0.2) is 45.3 Å². The van der Waals surface area contributed by atoms with Crippen molar-refractivity contribution in [2.75, 3.05) is 19.7 Å². The Labute approximate surface area is 96.9 Å². The summed E-state index contributed by atoms with van der Waals surface area (Å²) in [4.78, 5) is 6.46. The predicted molar refractivity (Wildman–Crippen MR) is 63.1 cm³/mol. The standard InChI is InChI=1S/C12H21N3O/c16-10-9-15(12-3-1-2-4-12)8-7-14-6-5-13-11-14/h5-6,11-12,16H,1-4,7-10H2. The Morgan fingerprint density at radius 2 is 2.12 bits per heavy atom. The molecule has 0 unspecified atom stereocenters. The van der Waals surface area contributed by atoms with E-state index in [-0.39, 0.29) is 6.61 Å². The van der Waals surface area contributed by atoms with Crippen molar-refractivity contribution in [3.8, 4) is 0 Å². The zero-order valence-corrected chi connectivity index (χ0v) is 9.76. The first-order valence-electron chi connectivity index (χ1n) is 6.21. The molecule has 90 valence electrons. The van der Waals surface area contributed by atoms with Crippen LogP contribution in [-0.2, 0) is 6.54 Å². The number of nitrogens with zero attached hydrogens (tertiary/aromatic N) is 3. The Kier molecular flexibility index (Phi) is 4.36. The predicted octanol–water partition coefficient (Wildman–Crippen LogP) is 1.12. The number of hydrogen-bond donors (Lipinski definition) is 1. The van der Waals surface area contributed by atoms with Crippen LogP contribution >= 0.6 is 0 Å². The molecule has 0 bridgehead atoms. The van der Waals surface area contributed by atoms with Crippen molar-refractivity contribution in [1.82, 2.24) is 14.5 Å². The lowest BCUT2D eigenvalue weighted by molar-refractivity contribution is 0.147. The van der Waals surface area contributed by atoms with Gasteiger partial charge in [0.15, 0.2) is 0 Å². The Balaban J connectivity index is 1.82. The van der Waals surface area contributed by atoms with Gasteiger partial charge in [0.2, 0.25) is 0 Å². The number of aliphatic hydroxyl groups excluding tert-OH is 1. The van der Waals surface area contributed by atoms with Crippen LogP contribution in [0.4, 0.5) is 0 Å². The van der Waals surface area contributed by atoms with Crippen LogP contribution in [0.25, 0.3) is 0 Å². The van der Waals surface area contributed by atoms with Gasteiger partial charge in [-0.1, -0.05) is 12.8 Å². The monoisotopic (exact) mass is 223 g/mol. The Morgan fingerprint density at radius 1 is 1.31 bits per heavy atom. The molecule has 2 rings (SSSR count). The molecule has 1 aliphatic carbocycles. The summed E-state index contributed by atoms with van der Waals surface area (Å²) in [5.74, 6) is 0. The van der Waals surface area contributed by atoms with E-state index >= 15 is 0 Å². The van der Waals surface area contributed by atoms with Crippen LogP contribution in [0.1, 0.15) is 25.7 Å². The minimum Gasteiger partial charge on any atom is -0.395 e. The first-order valence-corrected chi connectivity index (χ1v) is 6.21. The highest BCUT2D eigenvalue weighted by molar-refractivity contribution is 4.79. The van der Waals surface area contributed by atoms with Gasteiger partial charge in [-0.05, 0) is 12.8 Å². The quantitative estimate of drug-likeness (QED) is 0.785. The van der Waals surface area contributed by atoms with Gasteiger partial charge in [0, 0.05) is 38.1 Å². The van der Waals surface area contributed by atoms with Gasteiger partial charge < -0.3 is 9.67 Å². The molecule has 0 atom stereocenters. The van der Waals surface area contributed by atoms with E-state index in [1.54, 1.807) is 0 Å². The van der Waals surface area contributed by atoms with E-state index in [9.17, 15) is 0 Å².